The fraction of sp³-hybridized carbons (Fsp3) is 0.600. The molecule has 1 aromatic rings. The molecule has 0 aliphatic heterocycles. The van der Waals surface area contributed by atoms with Gasteiger partial charge in [-0.15, -0.1) is 0 Å². The summed E-state index contributed by atoms with van der Waals surface area (Å²) in [4.78, 5) is 0. The third-order valence-electron chi connectivity index (χ3n) is 2.89. The zero-order valence-corrected chi connectivity index (χ0v) is 12.6. The minimum atomic E-state index is 0.644. The molecule has 5 nitrogen and oxygen atoms in total. The second-order valence-electron chi connectivity index (χ2n) is 4.29. The van der Waals surface area contributed by atoms with Gasteiger partial charge in [0.15, 0.2) is 11.5 Å². The fourth-order valence-corrected chi connectivity index (χ4v) is 1.78. The number of rotatable bonds is 11. The summed E-state index contributed by atoms with van der Waals surface area (Å²) in [5.74, 6) is 1.53. The van der Waals surface area contributed by atoms with Crippen LogP contribution >= 0.6 is 0 Å². The topological polar surface area (TPSA) is 49.0 Å². The van der Waals surface area contributed by atoms with Crippen molar-refractivity contribution in [2.45, 2.75) is 6.42 Å². The molecule has 0 fully saturated rings. The predicted octanol–water partition coefficient (Wildman–Crippen LogP) is 1.50. The van der Waals surface area contributed by atoms with Gasteiger partial charge in [-0.3, -0.25) is 0 Å². The van der Waals surface area contributed by atoms with Crippen molar-refractivity contribution < 1.29 is 18.9 Å². The van der Waals surface area contributed by atoms with Crippen LogP contribution in [0.5, 0.6) is 11.5 Å². The van der Waals surface area contributed by atoms with Crippen LogP contribution in [0.15, 0.2) is 18.2 Å². The highest BCUT2D eigenvalue weighted by Gasteiger charge is 2.04. The highest BCUT2D eigenvalue weighted by molar-refractivity contribution is 5.42. The van der Waals surface area contributed by atoms with E-state index in [0.717, 1.165) is 31.0 Å². The lowest BCUT2D eigenvalue weighted by Gasteiger charge is -2.10. The van der Waals surface area contributed by atoms with Crippen LogP contribution in [-0.4, -0.2) is 54.2 Å². The van der Waals surface area contributed by atoms with Crippen LogP contribution in [0.3, 0.4) is 0 Å². The van der Waals surface area contributed by atoms with E-state index < -0.39 is 0 Å². The summed E-state index contributed by atoms with van der Waals surface area (Å²) in [6, 6.07) is 6.00. The number of hydrogen-bond acceptors (Lipinski definition) is 5. The Kier molecular flexibility index (Phi) is 8.78. The van der Waals surface area contributed by atoms with E-state index in [2.05, 4.69) is 11.4 Å². The summed E-state index contributed by atoms with van der Waals surface area (Å²) in [6.07, 6.45) is 0.943. The minimum Gasteiger partial charge on any atom is -0.493 e. The molecule has 114 valence electrons. The van der Waals surface area contributed by atoms with Gasteiger partial charge in [0.1, 0.15) is 0 Å². The molecule has 0 saturated carbocycles. The number of hydrogen-bond donors (Lipinski definition) is 1. The smallest absolute Gasteiger partial charge is 0.160 e. The van der Waals surface area contributed by atoms with Crippen molar-refractivity contribution >= 4 is 0 Å². The van der Waals surface area contributed by atoms with Gasteiger partial charge in [0.2, 0.25) is 0 Å². The van der Waals surface area contributed by atoms with Crippen molar-refractivity contribution in [2.24, 2.45) is 0 Å². The quantitative estimate of drug-likeness (QED) is 0.624. The average molecular weight is 283 g/mol. The van der Waals surface area contributed by atoms with Crippen molar-refractivity contribution in [3.8, 4) is 11.5 Å². The van der Waals surface area contributed by atoms with E-state index in [1.807, 2.05) is 12.1 Å². The van der Waals surface area contributed by atoms with E-state index >= 15 is 0 Å². The van der Waals surface area contributed by atoms with Crippen molar-refractivity contribution in [3.05, 3.63) is 23.8 Å². The summed E-state index contributed by atoms with van der Waals surface area (Å²) >= 11 is 0. The highest BCUT2D eigenvalue weighted by Crippen LogP contribution is 2.27. The van der Waals surface area contributed by atoms with Crippen LogP contribution in [-0.2, 0) is 15.9 Å². The van der Waals surface area contributed by atoms with Crippen LogP contribution in [0, 0.1) is 0 Å². The molecule has 0 radical (unpaired) electrons. The largest absolute Gasteiger partial charge is 0.493 e. The predicted molar refractivity (Wildman–Crippen MR) is 78.8 cm³/mol. The molecule has 1 rings (SSSR count). The number of methoxy groups -OCH3 is 3. The molecule has 0 aliphatic carbocycles. The van der Waals surface area contributed by atoms with Crippen LogP contribution in [0.25, 0.3) is 0 Å². The Bertz CT molecular complexity index is 371. The number of ether oxygens (including phenoxy) is 4. The summed E-state index contributed by atoms with van der Waals surface area (Å²) in [6.45, 7) is 3.74. The summed E-state index contributed by atoms with van der Waals surface area (Å²) in [7, 11) is 4.96. The Hall–Kier alpha value is -1.30. The highest BCUT2D eigenvalue weighted by atomic mass is 16.5. The number of nitrogens with one attached hydrogen (secondary N) is 1. The van der Waals surface area contributed by atoms with E-state index in [0.29, 0.717) is 19.8 Å². The first-order chi connectivity index (χ1) is 9.81. The minimum absolute atomic E-state index is 0.644. The normalized spacial score (nSPS) is 10.6. The van der Waals surface area contributed by atoms with Crippen molar-refractivity contribution in [1.82, 2.24) is 5.32 Å². The lowest BCUT2D eigenvalue weighted by molar-refractivity contribution is 0.0721. The van der Waals surface area contributed by atoms with Gasteiger partial charge in [-0.2, -0.15) is 0 Å². The lowest BCUT2D eigenvalue weighted by Crippen LogP contribution is -2.22. The average Bonchev–Trinajstić information content (AvgIpc) is 2.49. The van der Waals surface area contributed by atoms with Crippen LogP contribution in [0.4, 0.5) is 0 Å². The summed E-state index contributed by atoms with van der Waals surface area (Å²) in [5.41, 5.74) is 1.22. The molecule has 0 heterocycles. The maximum atomic E-state index is 5.37. The maximum Gasteiger partial charge on any atom is 0.160 e. The Labute approximate surface area is 121 Å². The molecule has 1 N–H and O–H groups in total. The molecule has 0 amide bonds. The molecule has 0 atom stereocenters. The van der Waals surface area contributed by atoms with Crippen molar-refractivity contribution in [3.63, 3.8) is 0 Å². The van der Waals surface area contributed by atoms with Gasteiger partial charge in [-0.1, -0.05) is 6.07 Å². The second kappa shape index (κ2) is 10.5. The van der Waals surface area contributed by atoms with Gasteiger partial charge in [0.25, 0.3) is 0 Å². The summed E-state index contributed by atoms with van der Waals surface area (Å²) < 4.78 is 20.8. The standard InChI is InChI=1S/C15H25NO4/c1-17-10-11-20-9-8-16-7-6-13-4-5-14(18-2)15(12-13)19-3/h4-5,12,16H,6-11H2,1-3H3. The second-order valence-corrected chi connectivity index (χ2v) is 4.29. The van der Waals surface area contributed by atoms with Crippen LogP contribution in [0.1, 0.15) is 5.56 Å². The van der Waals surface area contributed by atoms with E-state index in [1.54, 1.807) is 21.3 Å². The third kappa shape index (κ3) is 6.23. The van der Waals surface area contributed by atoms with Gasteiger partial charge >= 0.3 is 0 Å². The molecular weight excluding hydrogens is 258 g/mol. The zero-order chi connectivity index (χ0) is 14.6. The lowest BCUT2D eigenvalue weighted by atomic mass is 10.1. The Morgan fingerprint density at radius 1 is 0.900 bits per heavy atom. The first-order valence-corrected chi connectivity index (χ1v) is 6.80. The molecule has 0 aromatic heterocycles. The van der Waals surface area contributed by atoms with E-state index in [4.69, 9.17) is 18.9 Å². The van der Waals surface area contributed by atoms with Gasteiger partial charge in [-0.05, 0) is 30.7 Å². The van der Waals surface area contributed by atoms with Crippen LogP contribution < -0.4 is 14.8 Å². The van der Waals surface area contributed by atoms with Gasteiger partial charge < -0.3 is 24.3 Å². The van der Waals surface area contributed by atoms with Crippen LogP contribution in [0.2, 0.25) is 0 Å². The molecule has 0 spiro atoms. The zero-order valence-electron chi connectivity index (χ0n) is 12.6. The molecule has 5 heteroatoms. The molecule has 0 bridgehead atoms. The molecule has 0 aliphatic rings. The third-order valence-corrected chi connectivity index (χ3v) is 2.89. The molecule has 0 unspecified atom stereocenters. The monoisotopic (exact) mass is 283 g/mol. The molecular formula is C15H25NO4. The number of benzene rings is 1. The van der Waals surface area contributed by atoms with Gasteiger partial charge in [0.05, 0.1) is 34.0 Å². The fourth-order valence-electron chi connectivity index (χ4n) is 1.78. The van der Waals surface area contributed by atoms with E-state index in [1.165, 1.54) is 5.56 Å². The van der Waals surface area contributed by atoms with E-state index in [9.17, 15) is 0 Å². The first-order valence-electron chi connectivity index (χ1n) is 6.80. The Morgan fingerprint density at radius 3 is 2.40 bits per heavy atom. The summed E-state index contributed by atoms with van der Waals surface area (Å²) in [5, 5.41) is 3.34. The van der Waals surface area contributed by atoms with Gasteiger partial charge in [-0.25, -0.2) is 0 Å². The Morgan fingerprint density at radius 2 is 1.70 bits per heavy atom. The maximum absolute atomic E-state index is 5.37. The van der Waals surface area contributed by atoms with Crippen molar-refractivity contribution in [1.29, 1.82) is 0 Å². The molecule has 0 saturated heterocycles. The molecule has 1 aromatic carbocycles. The van der Waals surface area contributed by atoms with Gasteiger partial charge in [0, 0.05) is 13.7 Å². The van der Waals surface area contributed by atoms with Crippen molar-refractivity contribution in [2.75, 3.05) is 54.2 Å². The SMILES string of the molecule is COCCOCCNCCc1ccc(OC)c(OC)c1. The molecule has 20 heavy (non-hydrogen) atoms. The Balaban J connectivity index is 2.18. The first kappa shape index (κ1) is 16.8. The van der Waals surface area contributed by atoms with E-state index in [-0.39, 0.29) is 0 Å².